The van der Waals surface area contributed by atoms with Crippen LogP contribution in [0.15, 0.2) is 35.3 Å². The van der Waals surface area contributed by atoms with Gasteiger partial charge in [0.1, 0.15) is 0 Å². The second-order valence-corrected chi connectivity index (χ2v) is 3.72. The lowest BCUT2D eigenvalue weighted by molar-refractivity contribution is 0.0600. The number of ether oxygens (including phenoxy) is 1. The van der Waals surface area contributed by atoms with Gasteiger partial charge in [-0.05, 0) is 12.1 Å². The number of aromatic amines is 1. The molecule has 0 unspecified atom stereocenters. The van der Waals surface area contributed by atoms with Crippen molar-refractivity contribution < 1.29 is 18.3 Å². The van der Waals surface area contributed by atoms with E-state index in [9.17, 15) is 18.4 Å². The lowest BCUT2D eigenvalue weighted by Crippen LogP contribution is -2.13. The minimum Gasteiger partial charge on any atom is -0.465 e. The molecule has 0 atom stereocenters. The number of rotatable bonds is 2. The van der Waals surface area contributed by atoms with E-state index < -0.39 is 23.2 Å². The van der Waals surface area contributed by atoms with E-state index in [-0.39, 0.29) is 16.7 Å². The molecule has 2 aromatic rings. The van der Waals surface area contributed by atoms with E-state index >= 15 is 0 Å². The van der Waals surface area contributed by atoms with Crippen LogP contribution in [-0.4, -0.2) is 18.1 Å². The van der Waals surface area contributed by atoms with Crippen LogP contribution in [0, 0.1) is 11.6 Å². The van der Waals surface area contributed by atoms with Crippen LogP contribution in [0.1, 0.15) is 10.4 Å². The lowest BCUT2D eigenvalue weighted by Gasteiger charge is -2.05. The number of nitrogens with one attached hydrogen (secondary N) is 1. The Balaban J connectivity index is 2.65. The van der Waals surface area contributed by atoms with Crippen LogP contribution >= 0.6 is 0 Å². The highest BCUT2D eigenvalue weighted by atomic mass is 19.2. The Labute approximate surface area is 106 Å². The predicted molar refractivity (Wildman–Crippen MR) is 63.8 cm³/mol. The Kier molecular flexibility index (Phi) is 3.41. The van der Waals surface area contributed by atoms with Crippen molar-refractivity contribution in [2.45, 2.75) is 0 Å². The summed E-state index contributed by atoms with van der Waals surface area (Å²) in [5.41, 5.74) is -0.940. The van der Waals surface area contributed by atoms with Gasteiger partial charge in [-0.15, -0.1) is 0 Å². The Bertz CT molecular complexity index is 695. The zero-order valence-electron chi connectivity index (χ0n) is 9.87. The highest BCUT2D eigenvalue weighted by Crippen LogP contribution is 2.22. The van der Waals surface area contributed by atoms with Crippen molar-refractivity contribution in [2.75, 3.05) is 7.11 Å². The van der Waals surface area contributed by atoms with Crippen LogP contribution in [-0.2, 0) is 4.74 Å². The molecule has 0 spiro atoms. The molecule has 2 rings (SSSR count). The third kappa shape index (κ3) is 2.37. The molecule has 4 nitrogen and oxygen atoms in total. The zero-order chi connectivity index (χ0) is 14.0. The molecule has 0 saturated carbocycles. The minimum absolute atomic E-state index is 0.0424. The van der Waals surface area contributed by atoms with E-state index in [0.29, 0.717) is 0 Å². The topological polar surface area (TPSA) is 59.2 Å². The summed E-state index contributed by atoms with van der Waals surface area (Å²) in [6.07, 6.45) is 1.15. The Hall–Kier alpha value is -2.50. The third-order valence-corrected chi connectivity index (χ3v) is 2.57. The molecule has 98 valence electrons. The van der Waals surface area contributed by atoms with E-state index in [1.54, 1.807) is 0 Å². The second-order valence-electron chi connectivity index (χ2n) is 3.72. The maximum Gasteiger partial charge on any atom is 0.339 e. The number of halogens is 2. The summed E-state index contributed by atoms with van der Waals surface area (Å²) in [6, 6.07) is 4.63. The number of carbonyl (C=O) groups excluding carboxylic acids is 1. The molecule has 19 heavy (non-hydrogen) atoms. The summed E-state index contributed by atoms with van der Waals surface area (Å²) in [5.74, 6) is -2.90. The number of esters is 1. The predicted octanol–water partition coefficient (Wildman–Crippen LogP) is 2.11. The SMILES string of the molecule is COC(=O)c1c[nH]c(=O)c(-c2cccc(F)c2F)c1. The molecule has 0 fully saturated rings. The van der Waals surface area contributed by atoms with Gasteiger partial charge < -0.3 is 9.72 Å². The minimum atomic E-state index is -1.14. The highest BCUT2D eigenvalue weighted by Gasteiger charge is 2.15. The van der Waals surface area contributed by atoms with Crippen molar-refractivity contribution in [3.05, 3.63) is 58.0 Å². The fourth-order valence-corrected chi connectivity index (χ4v) is 1.63. The standard InChI is InChI=1S/C13H9F2NO3/c1-19-13(18)7-5-9(12(17)16-6-7)8-3-2-4-10(14)11(8)15/h2-6H,1H3,(H,16,17). The number of hydrogen-bond acceptors (Lipinski definition) is 3. The Morgan fingerprint density at radius 3 is 2.68 bits per heavy atom. The van der Waals surface area contributed by atoms with Crippen LogP contribution in [0.3, 0.4) is 0 Å². The van der Waals surface area contributed by atoms with Gasteiger partial charge in [-0.25, -0.2) is 13.6 Å². The highest BCUT2D eigenvalue weighted by molar-refractivity contribution is 5.90. The van der Waals surface area contributed by atoms with Crippen molar-refractivity contribution in [3.8, 4) is 11.1 Å². The summed E-state index contributed by atoms with van der Waals surface area (Å²) in [4.78, 5) is 25.3. The van der Waals surface area contributed by atoms with E-state index in [1.165, 1.54) is 19.2 Å². The number of methoxy groups -OCH3 is 1. The Morgan fingerprint density at radius 1 is 1.26 bits per heavy atom. The van der Waals surface area contributed by atoms with Crippen LogP contribution in [0.4, 0.5) is 8.78 Å². The van der Waals surface area contributed by atoms with Gasteiger partial charge >= 0.3 is 5.97 Å². The van der Waals surface area contributed by atoms with Gasteiger partial charge in [0.15, 0.2) is 11.6 Å². The van der Waals surface area contributed by atoms with Gasteiger partial charge in [0.25, 0.3) is 5.56 Å². The first kappa shape index (κ1) is 12.9. The second kappa shape index (κ2) is 5.01. The van der Waals surface area contributed by atoms with E-state index in [0.717, 1.165) is 18.3 Å². The summed E-state index contributed by atoms with van der Waals surface area (Å²) < 4.78 is 31.3. The quantitative estimate of drug-likeness (QED) is 0.846. The van der Waals surface area contributed by atoms with E-state index in [4.69, 9.17) is 0 Å². The van der Waals surface area contributed by atoms with Gasteiger partial charge in [0.2, 0.25) is 0 Å². The molecule has 0 aliphatic carbocycles. The number of H-pyrrole nitrogens is 1. The summed E-state index contributed by atoms with van der Waals surface area (Å²) >= 11 is 0. The average Bonchev–Trinajstić information content (AvgIpc) is 2.42. The molecule has 1 aromatic carbocycles. The lowest BCUT2D eigenvalue weighted by atomic mass is 10.0. The van der Waals surface area contributed by atoms with Crippen LogP contribution < -0.4 is 5.56 Å². The number of carbonyl (C=O) groups is 1. The average molecular weight is 265 g/mol. The molecular formula is C13H9F2NO3. The van der Waals surface area contributed by atoms with E-state index in [1.807, 2.05) is 0 Å². The number of hydrogen-bond donors (Lipinski definition) is 1. The molecule has 1 N–H and O–H groups in total. The zero-order valence-corrected chi connectivity index (χ0v) is 9.87. The maximum absolute atomic E-state index is 13.6. The smallest absolute Gasteiger partial charge is 0.339 e. The fourth-order valence-electron chi connectivity index (χ4n) is 1.63. The molecule has 6 heteroatoms. The molecule has 0 amide bonds. The van der Waals surface area contributed by atoms with E-state index in [2.05, 4.69) is 9.72 Å². The summed E-state index contributed by atoms with van der Waals surface area (Å²) in [5, 5.41) is 0. The molecule has 0 saturated heterocycles. The molecule has 1 heterocycles. The first-order valence-corrected chi connectivity index (χ1v) is 5.30. The summed E-state index contributed by atoms with van der Waals surface area (Å²) in [6.45, 7) is 0. The molecule has 0 bridgehead atoms. The van der Waals surface area contributed by atoms with Crippen molar-refractivity contribution in [3.63, 3.8) is 0 Å². The van der Waals surface area contributed by atoms with Crippen molar-refractivity contribution in [2.24, 2.45) is 0 Å². The van der Waals surface area contributed by atoms with Crippen molar-refractivity contribution in [1.29, 1.82) is 0 Å². The van der Waals surface area contributed by atoms with Crippen LogP contribution in [0.2, 0.25) is 0 Å². The number of pyridine rings is 1. The maximum atomic E-state index is 13.6. The monoisotopic (exact) mass is 265 g/mol. The van der Waals surface area contributed by atoms with Gasteiger partial charge in [-0.2, -0.15) is 0 Å². The molecule has 1 aromatic heterocycles. The van der Waals surface area contributed by atoms with Crippen molar-refractivity contribution >= 4 is 5.97 Å². The number of benzene rings is 1. The molecule has 0 aliphatic heterocycles. The van der Waals surface area contributed by atoms with Crippen LogP contribution in [0.5, 0.6) is 0 Å². The molecule has 0 aliphatic rings. The van der Waals surface area contributed by atoms with Gasteiger partial charge in [0, 0.05) is 11.8 Å². The first-order valence-electron chi connectivity index (χ1n) is 5.30. The van der Waals surface area contributed by atoms with Crippen molar-refractivity contribution in [1.82, 2.24) is 4.98 Å². The third-order valence-electron chi connectivity index (χ3n) is 2.57. The molecule has 0 radical (unpaired) electrons. The van der Waals surface area contributed by atoms with Gasteiger partial charge in [-0.3, -0.25) is 4.79 Å². The van der Waals surface area contributed by atoms with Crippen LogP contribution in [0.25, 0.3) is 11.1 Å². The first-order chi connectivity index (χ1) is 9.04. The number of aromatic nitrogens is 1. The fraction of sp³-hybridized carbons (Fsp3) is 0.0769. The molecular weight excluding hydrogens is 256 g/mol. The normalized spacial score (nSPS) is 10.3. The Morgan fingerprint density at radius 2 is 2.00 bits per heavy atom. The van der Waals surface area contributed by atoms with Gasteiger partial charge in [0.05, 0.1) is 18.2 Å². The summed E-state index contributed by atoms with van der Waals surface area (Å²) in [7, 11) is 1.18. The van der Waals surface area contributed by atoms with Gasteiger partial charge in [-0.1, -0.05) is 12.1 Å². The largest absolute Gasteiger partial charge is 0.465 e.